The Kier molecular flexibility index (Phi) is 3.38. The maximum Gasteiger partial charge on any atom is 0.0993 e. The number of benzene rings is 1. The molecule has 0 atom stereocenters. The molecule has 0 heterocycles. The Labute approximate surface area is 87.4 Å². The molecule has 0 aromatic heterocycles. The first-order valence-corrected chi connectivity index (χ1v) is 4.67. The third-order valence-corrected chi connectivity index (χ3v) is 2.20. The van der Waals surface area contributed by atoms with Gasteiger partial charge in [-0.3, -0.25) is 0 Å². The number of hydrogen-bond acceptors (Lipinski definition) is 3. The summed E-state index contributed by atoms with van der Waals surface area (Å²) in [6.45, 7) is 0. The van der Waals surface area contributed by atoms with E-state index in [9.17, 15) is 0 Å². The van der Waals surface area contributed by atoms with E-state index in [-0.39, 0.29) is 0 Å². The molecule has 0 saturated carbocycles. The van der Waals surface area contributed by atoms with Crippen molar-refractivity contribution in [3.63, 3.8) is 0 Å². The topological polar surface area (TPSA) is 47.9 Å². The van der Waals surface area contributed by atoms with Crippen molar-refractivity contribution in [2.24, 2.45) is 0 Å². The smallest absolute Gasteiger partial charge is 0.0993 e. The fourth-order valence-electron chi connectivity index (χ4n) is 0.801. The molecule has 5 heteroatoms. The Morgan fingerprint density at radius 3 is 1.92 bits per heavy atom. The molecule has 1 rings (SSSR count). The summed E-state index contributed by atoms with van der Waals surface area (Å²) in [4.78, 5) is 0. The van der Waals surface area contributed by atoms with Gasteiger partial charge in [0.05, 0.1) is 11.6 Å². The molecular formula is C7H5Br2N3. The summed E-state index contributed by atoms with van der Waals surface area (Å²) in [5.74, 6) is 0. The average Bonchev–Trinajstić information content (AvgIpc) is 2.16. The van der Waals surface area contributed by atoms with Gasteiger partial charge in [-0.15, -0.1) is 0 Å². The molecule has 0 aliphatic rings. The van der Waals surface area contributed by atoms with Crippen molar-refractivity contribution in [3.8, 4) is 6.07 Å². The van der Waals surface area contributed by atoms with Gasteiger partial charge in [-0.2, -0.15) is 5.26 Å². The van der Waals surface area contributed by atoms with E-state index in [1.54, 1.807) is 12.1 Å². The molecule has 62 valence electrons. The van der Waals surface area contributed by atoms with Gasteiger partial charge in [-0.1, -0.05) is 0 Å². The molecule has 0 amide bonds. The van der Waals surface area contributed by atoms with Crippen LogP contribution in [-0.2, 0) is 0 Å². The van der Waals surface area contributed by atoms with E-state index < -0.39 is 0 Å². The van der Waals surface area contributed by atoms with E-state index in [0.29, 0.717) is 5.56 Å². The first-order valence-electron chi connectivity index (χ1n) is 3.08. The molecule has 0 spiro atoms. The van der Waals surface area contributed by atoms with Crippen LogP contribution in [0.3, 0.4) is 0 Å². The van der Waals surface area contributed by atoms with E-state index in [0.717, 1.165) is 11.4 Å². The lowest BCUT2D eigenvalue weighted by atomic mass is 10.2. The lowest BCUT2D eigenvalue weighted by molar-refractivity contribution is 1.49. The zero-order valence-corrected chi connectivity index (χ0v) is 9.11. The van der Waals surface area contributed by atoms with E-state index in [2.05, 4.69) is 47.0 Å². The fraction of sp³-hybridized carbons (Fsp3) is 0. The second kappa shape index (κ2) is 4.33. The maximum atomic E-state index is 8.64. The number of halogens is 2. The second-order valence-corrected chi connectivity index (χ2v) is 2.89. The maximum absolute atomic E-state index is 8.64. The molecule has 0 bridgehead atoms. The summed E-state index contributed by atoms with van der Waals surface area (Å²) in [6.07, 6.45) is 0. The lowest BCUT2D eigenvalue weighted by Crippen LogP contribution is -1.86. The SMILES string of the molecule is N#Cc1cc(NBr)cc(NBr)c1. The summed E-state index contributed by atoms with van der Waals surface area (Å²) in [6, 6.07) is 7.38. The van der Waals surface area contributed by atoms with Gasteiger partial charge in [0.25, 0.3) is 0 Å². The lowest BCUT2D eigenvalue weighted by Gasteiger charge is -2.02. The van der Waals surface area contributed by atoms with Crippen molar-refractivity contribution in [1.82, 2.24) is 0 Å². The Bertz CT molecular complexity index is 297. The van der Waals surface area contributed by atoms with Gasteiger partial charge in [0, 0.05) is 43.7 Å². The number of hydrogen-bond donors (Lipinski definition) is 2. The van der Waals surface area contributed by atoms with Crippen molar-refractivity contribution in [2.75, 3.05) is 8.69 Å². The second-order valence-electron chi connectivity index (χ2n) is 2.10. The third kappa shape index (κ3) is 2.13. The summed E-state index contributed by atoms with van der Waals surface area (Å²) in [7, 11) is 0. The van der Waals surface area contributed by atoms with Crippen molar-refractivity contribution >= 4 is 43.7 Å². The van der Waals surface area contributed by atoms with Gasteiger partial charge < -0.3 is 8.69 Å². The Hall–Kier alpha value is -0.730. The van der Waals surface area contributed by atoms with Crippen LogP contribution < -0.4 is 8.69 Å². The van der Waals surface area contributed by atoms with Crippen LogP contribution in [0.5, 0.6) is 0 Å². The largest absolute Gasteiger partial charge is 0.322 e. The van der Waals surface area contributed by atoms with Crippen LogP contribution in [0.25, 0.3) is 0 Å². The molecule has 2 N–H and O–H groups in total. The number of nitrogens with one attached hydrogen (secondary N) is 2. The van der Waals surface area contributed by atoms with Gasteiger partial charge in [-0.25, -0.2) is 0 Å². The molecule has 0 fully saturated rings. The molecule has 0 saturated heterocycles. The van der Waals surface area contributed by atoms with Gasteiger partial charge in [0.1, 0.15) is 0 Å². The zero-order chi connectivity index (χ0) is 8.97. The number of rotatable bonds is 2. The Balaban J connectivity index is 3.12. The average molecular weight is 291 g/mol. The number of nitrogens with zero attached hydrogens (tertiary/aromatic N) is 1. The van der Waals surface area contributed by atoms with E-state index >= 15 is 0 Å². The van der Waals surface area contributed by atoms with Crippen molar-refractivity contribution < 1.29 is 0 Å². The number of anilines is 2. The predicted octanol–water partition coefficient (Wildman–Crippen LogP) is 3.00. The molecule has 0 aliphatic carbocycles. The summed E-state index contributed by atoms with van der Waals surface area (Å²) in [5.41, 5.74) is 2.26. The van der Waals surface area contributed by atoms with Gasteiger partial charge in [0.15, 0.2) is 0 Å². The highest BCUT2D eigenvalue weighted by Gasteiger charge is 1.97. The van der Waals surface area contributed by atoms with E-state index in [1.165, 1.54) is 0 Å². The van der Waals surface area contributed by atoms with Gasteiger partial charge in [-0.05, 0) is 18.2 Å². The van der Waals surface area contributed by atoms with Crippen LogP contribution in [-0.4, -0.2) is 0 Å². The van der Waals surface area contributed by atoms with Gasteiger partial charge in [0.2, 0.25) is 0 Å². The van der Waals surface area contributed by atoms with Crippen LogP contribution in [0.1, 0.15) is 5.56 Å². The van der Waals surface area contributed by atoms with Crippen molar-refractivity contribution in [1.29, 1.82) is 5.26 Å². The first kappa shape index (κ1) is 9.36. The van der Waals surface area contributed by atoms with Gasteiger partial charge >= 0.3 is 0 Å². The monoisotopic (exact) mass is 289 g/mol. The minimum absolute atomic E-state index is 0.599. The fourth-order valence-corrected chi connectivity index (χ4v) is 1.26. The van der Waals surface area contributed by atoms with Crippen LogP contribution in [0, 0.1) is 11.3 Å². The normalized spacial score (nSPS) is 8.75. The summed E-state index contributed by atoms with van der Waals surface area (Å²) < 4.78 is 5.55. The first-order chi connectivity index (χ1) is 5.80. The Morgan fingerprint density at radius 2 is 1.58 bits per heavy atom. The van der Waals surface area contributed by atoms with Crippen LogP contribution in [0.4, 0.5) is 11.4 Å². The standard InChI is InChI=1S/C7H5Br2N3/c8-11-6-1-5(4-10)2-7(3-6)12-9/h1-3,11-12H. The molecular weight excluding hydrogens is 286 g/mol. The summed E-state index contributed by atoms with van der Waals surface area (Å²) >= 11 is 6.16. The van der Waals surface area contributed by atoms with Crippen molar-refractivity contribution in [3.05, 3.63) is 23.8 Å². The van der Waals surface area contributed by atoms with Crippen LogP contribution in [0.2, 0.25) is 0 Å². The molecule has 1 aromatic rings. The van der Waals surface area contributed by atoms with Crippen LogP contribution >= 0.6 is 32.3 Å². The van der Waals surface area contributed by atoms with Crippen LogP contribution in [0.15, 0.2) is 18.2 Å². The third-order valence-electron chi connectivity index (χ3n) is 1.28. The number of nitriles is 1. The van der Waals surface area contributed by atoms with Crippen molar-refractivity contribution in [2.45, 2.75) is 0 Å². The minimum atomic E-state index is 0.599. The zero-order valence-electron chi connectivity index (χ0n) is 5.94. The van der Waals surface area contributed by atoms with E-state index in [1.807, 2.05) is 6.07 Å². The van der Waals surface area contributed by atoms with E-state index in [4.69, 9.17) is 5.26 Å². The molecule has 0 aliphatic heterocycles. The molecule has 1 aromatic carbocycles. The highest BCUT2D eigenvalue weighted by atomic mass is 79.9. The Morgan fingerprint density at radius 1 is 1.08 bits per heavy atom. The highest BCUT2D eigenvalue weighted by molar-refractivity contribution is 9.10. The molecule has 12 heavy (non-hydrogen) atoms. The predicted molar refractivity (Wildman–Crippen MR) is 56.3 cm³/mol. The highest BCUT2D eigenvalue weighted by Crippen LogP contribution is 2.20. The minimum Gasteiger partial charge on any atom is -0.322 e. The molecule has 0 unspecified atom stereocenters. The quantitative estimate of drug-likeness (QED) is 0.823. The summed E-state index contributed by atoms with van der Waals surface area (Å²) in [5, 5.41) is 8.64. The molecule has 0 radical (unpaired) electrons. The molecule has 3 nitrogen and oxygen atoms in total.